The monoisotopic (exact) mass is 266 g/mol. The van der Waals surface area contributed by atoms with Crippen LogP contribution in [0.1, 0.15) is 26.2 Å². The predicted molar refractivity (Wildman–Crippen MR) is 65.4 cm³/mol. The molecule has 1 fully saturated rings. The molecular formula is C10H18O4S2. The van der Waals surface area contributed by atoms with E-state index in [0.29, 0.717) is 13.0 Å². The van der Waals surface area contributed by atoms with E-state index in [1.807, 2.05) is 6.92 Å². The van der Waals surface area contributed by atoms with Crippen molar-refractivity contribution in [1.82, 2.24) is 0 Å². The first-order valence-electron chi connectivity index (χ1n) is 5.51. The third-order valence-electron chi connectivity index (χ3n) is 2.39. The first-order valence-corrected chi connectivity index (χ1v) is 8.38. The van der Waals surface area contributed by atoms with Gasteiger partial charge in [0.25, 0.3) is 0 Å². The smallest absolute Gasteiger partial charge is 0.315 e. The second kappa shape index (κ2) is 6.49. The number of rotatable bonds is 6. The first kappa shape index (κ1) is 13.8. The Morgan fingerprint density at radius 1 is 1.50 bits per heavy atom. The average Bonchev–Trinajstić information content (AvgIpc) is 2.56. The van der Waals surface area contributed by atoms with Crippen LogP contribution in [0.15, 0.2) is 0 Å². The highest BCUT2D eigenvalue weighted by Crippen LogP contribution is 2.24. The van der Waals surface area contributed by atoms with Gasteiger partial charge in [-0.1, -0.05) is 13.3 Å². The normalized spacial score (nSPS) is 23.2. The molecule has 0 spiro atoms. The zero-order valence-electron chi connectivity index (χ0n) is 9.48. The maximum Gasteiger partial charge on any atom is 0.315 e. The highest BCUT2D eigenvalue weighted by Gasteiger charge is 2.28. The lowest BCUT2D eigenvalue weighted by atomic mass is 10.4. The van der Waals surface area contributed by atoms with Crippen molar-refractivity contribution in [2.24, 2.45) is 0 Å². The summed E-state index contributed by atoms with van der Waals surface area (Å²) in [6.45, 7) is 2.50. The maximum absolute atomic E-state index is 11.2. The SMILES string of the molecule is CCCCOC(=O)CSC1CCS(=O)(=O)C1. The predicted octanol–water partition coefficient (Wildman–Crippen LogP) is 1.25. The molecule has 0 aromatic carbocycles. The van der Waals surface area contributed by atoms with Crippen molar-refractivity contribution in [1.29, 1.82) is 0 Å². The van der Waals surface area contributed by atoms with Gasteiger partial charge in [-0.15, -0.1) is 11.8 Å². The molecule has 0 bridgehead atoms. The van der Waals surface area contributed by atoms with E-state index < -0.39 is 9.84 Å². The van der Waals surface area contributed by atoms with Crippen LogP contribution in [0.3, 0.4) is 0 Å². The molecule has 0 amide bonds. The number of thioether (sulfide) groups is 1. The largest absolute Gasteiger partial charge is 0.465 e. The van der Waals surface area contributed by atoms with Crippen LogP contribution in [0.4, 0.5) is 0 Å². The van der Waals surface area contributed by atoms with Crippen LogP contribution in [0.2, 0.25) is 0 Å². The molecule has 0 aliphatic carbocycles. The highest BCUT2D eigenvalue weighted by molar-refractivity contribution is 8.02. The van der Waals surface area contributed by atoms with Gasteiger partial charge in [-0.25, -0.2) is 8.42 Å². The van der Waals surface area contributed by atoms with E-state index in [9.17, 15) is 13.2 Å². The van der Waals surface area contributed by atoms with Crippen molar-refractivity contribution < 1.29 is 17.9 Å². The molecule has 0 aromatic rings. The Kier molecular flexibility index (Phi) is 5.61. The van der Waals surface area contributed by atoms with Crippen molar-refractivity contribution >= 4 is 27.6 Å². The van der Waals surface area contributed by atoms with E-state index in [2.05, 4.69) is 0 Å². The highest BCUT2D eigenvalue weighted by atomic mass is 32.2. The second-order valence-electron chi connectivity index (χ2n) is 3.91. The summed E-state index contributed by atoms with van der Waals surface area (Å²) in [7, 11) is -2.84. The van der Waals surface area contributed by atoms with E-state index >= 15 is 0 Å². The number of carbonyl (C=O) groups excluding carboxylic acids is 1. The Labute approximate surface area is 101 Å². The molecule has 1 aliphatic heterocycles. The molecule has 16 heavy (non-hydrogen) atoms. The van der Waals surface area contributed by atoms with Gasteiger partial charge in [-0.2, -0.15) is 0 Å². The van der Waals surface area contributed by atoms with Gasteiger partial charge >= 0.3 is 5.97 Å². The molecule has 94 valence electrons. The quantitative estimate of drug-likeness (QED) is 0.535. The fraction of sp³-hybridized carbons (Fsp3) is 0.900. The number of hydrogen-bond donors (Lipinski definition) is 0. The number of sulfone groups is 1. The summed E-state index contributed by atoms with van der Waals surface area (Å²) in [5, 5.41) is 0.0729. The van der Waals surface area contributed by atoms with Crippen LogP contribution in [0.5, 0.6) is 0 Å². The van der Waals surface area contributed by atoms with Gasteiger partial charge in [0.1, 0.15) is 0 Å². The number of ether oxygens (including phenoxy) is 1. The van der Waals surface area contributed by atoms with Gasteiger partial charge in [-0.3, -0.25) is 4.79 Å². The van der Waals surface area contributed by atoms with E-state index in [1.54, 1.807) is 0 Å². The molecule has 0 radical (unpaired) electrons. The van der Waals surface area contributed by atoms with Crippen LogP contribution >= 0.6 is 11.8 Å². The molecule has 4 nitrogen and oxygen atoms in total. The minimum absolute atomic E-state index is 0.0729. The Morgan fingerprint density at radius 3 is 2.81 bits per heavy atom. The van der Waals surface area contributed by atoms with Crippen molar-refractivity contribution in [2.75, 3.05) is 23.9 Å². The maximum atomic E-state index is 11.2. The zero-order chi connectivity index (χ0) is 12.0. The third-order valence-corrected chi connectivity index (χ3v) is 5.64. The molecule has 1 heterocycles. The Hall–Kier alpha value is -0.230. The zero-order valence-corrected chi connectivity index (χ0v) is 11.1. The standard InChI is InChI=1S/C10H18O4S2/c1-2-3-5-14-10(11)7-15-9-4-6-16(12,13)8-9/h9H,2-8H2,1H3. The van der Waals surface area contributed by atoms with Crippen molar-refractivity contribution in [2.45, 2.75) is 31.4 Å². The van der Waals surface area contributed by atoms with Gasteiger partial charge in [0, 0.05) is 5.25 Å². The number of carbonyl (C=O) groups is 1. The van der Waals surface area contributed by atoms with Gasteiger partial charge in [0.15, 0.2) is 9.84 Å². The molecule has 1 aliphatic rings. The summed E-state index contributed by atoms with van der Waals surface area (Å²) < 4.78 is 27.3. The summed E-state index contributed by atoms with van der Waals surface area (Å²) in [5.74, 6) is 0.502. The lowest BCUT2D eigenvalue weighted by Crippen LogP contribution is -2.13. The van der Waals surface area contributed by atoms with Crippen LogP contribution < -0.4 is 0 Å². The molecule has 1 saturated heterocycles. The fourth-order valence-corrected chi connectivity index (χ4v) is 4.89. The van der Waals surface area contributed by atoms with E-state index in [0.717, 1.165) is 12.8 Å². The molecule has 6 heteroatoms. The minimum Gasteiger partial charge on any atom is -0.465 e. The molecule has 1 rings (SSSR count). The van der Waals surface area contributed by atoms with Crippen molar-refractivity contribution in [3.8, 4) is 0 Å². The van der Waals surface area contributed by atoms with Gasteiger partial charge < -0.3 is 4.74 Å². The average molecular weight is 266 g/mol. The molecule has 0 N–H and O–H groups in total. The summed E-state index contributed by atoms with van der Waals surface area (Å²) in [6.07, 6.45) is 2.55. The first-order chi connectivity index (χ1) is 7.53. The van der Waals surface area contributed by atoms with E-state index in [-0.39, 0.29) is 28.5 Å². The van der Waals surface area contributed by atoms with E-state index in [1.165, 1.54) is 11.8 Å². The van der Waals surface area contributed by atoms with Crippen LogP contribution in [-0.2, 0) is 19.4 Å². The third kappa shape index (κ3) is 5.21. The van der Waals surface area contributed by atoms with Gasteiger partial charge in [0.2, 0.25) is 0 Å². The summed E-state index contributed by atoms with van der Waals surface area (Å²) >= 11 is 1.40. The lowest BCUT2D eigenvalue weighted by molar-refractivity contribution is -0.140. The number of esters is 1. The minimum atomic E-state index is -2.84. The second-order valence-corrected chi connectivity index (χ2v) is 7.43. The molecule has 1 unspecified atom stereocenters. The topological polar surface area (TPSA) is 60.4 Å². The molecule has 1 atom stereocenters. The van der Waals surface area contributed by atoms with Crippen LogP contribution in [-0.4, -0.2) is 43.5 Å². The summed E-state index contributed by atoms with van der Waals surface area (Å²) in [4.78, 5) is 11.2. The van der Waals surface area contributed by atoms with Crippen LogP contribution in [0, 0.1) is 0 Å². The van der Waals surface area contributed by atoms with E-state index in [4.69, 9.17) is 4.74 Å². The van der Waals surface area contributed by atoms with Crippen molar-refractivity contribution in [3.63, 3.8) is 0 Å². The van der Waals surface area contributed by atoms with Gasteiger partial charge in [0.05, 0.1) is 23.9 Å². The number of hydrogen-bond acceptors (Lipinski definition) is 5. The Balaban J connectivity index is 2.13. The molecular weight excluding hydrogens is 248 g/mol. The van der Waals surface area contributed by atoms with Crippen LogP contribution in [0.25, 0.3) is 0 Å². The summed E-state index contributed by atoms with van der Waals surface area (Å²) in [6, 6.07) is 0. The molecule has 0 aromatic heterocycles. The van der Waals surface area contributed by atoms with Gasteiger partial charge in [-0.05, 0) is 12.8 Å². The molecule has 0 saturated carbocycles. The fourth-order valence-electron chi connectivity index (χ4n) is 1.45. The van der Waals surface area contributed by atoms with Crippen molar-refractivity contribution in [3.05, 3.63) is 0 Å². The Bertz CT molecular complexity index is 324. The number of unbranched alkanes of at least 4 members (excludes halogenated alkanes) is 1. The lowest BCUT2D eigenvalue weighted by Gasteiger charge is -2.07. The summed E-state index contributed by atoms with van der Waals surface area (Å²) in [5.41, 5.74) is 0. The Morgan fingerprint density at radius 2 is 2.25 bits per heavy atom.